The second kappa shape index (κ2) is 6.80. The molecule has 1 amide bonds. The van der Waals surface area contributed by atoms with Gasteiger partial charge in [0.15, 0.2) is 0 Å². The van der Waals surface area contributed by atoms with Gasteiger partial charge in [-0.1, -0.05) is 23.7 Å². The fraction of sp³-hybridized carbons (Fsp3) is 0.467. The maximum Gasteiger partial charge on any atom is 0.311 e. The van der Waals surface area contributed by atoms with Crippen molar-refractivity contribution in [2.24, 2.45) is 5.41 Å². The number of carbonyl (C=O) groups excluding carboxylic acids is 1. The molecule has 0 radical (unpaired) electrons. The summed E-state index contributed by atoms with van der Waals surface area (Å²) in [7, 11) is 0. The lowest BCUT2D eigenvalue weighted by atomic mass is 10.1. The van der Waals surface area contributed by atoms with E-state index in [9.17, 15) is 9.59 Å². The minimum absolute atomic E-state index is 0.148. The quantitative estimate of drug-likeness (QED) is 0.723. The van der Waals surface area contributed by atoms with E-state index in [-0.39, 0.29) is 12.5 Å². The van der Waals surface area contributed by atoms with E-state index < -0.39 is 11.4 Å². The van der Waals surface area contributed by atoms with Crippen LogP contribution in [0.4, 0.5) is 0 Å². The van der Waals surface area contributed by atoms with Gasteiger partial charge in [0.2, 0.25) is 5.91 Å². The number of benzene rings is 1. The summed E-state index contributed by atoms with van der Waals surface area (Å²) in [6.45, 7) is 0.605. The molecule has 6 heteroatoms. The van der Waals surface area contributed by atoms with Crippen molar-refractivity contribution >= 4 is 23.5 Å². The van der Waals surface area contributed by atoms with E-state index in [4.69, 9.17) is 21.4 Å². The molecule has 0 bridgehead atoms. The Morgan fingerprint density at radius 3 is 2.67 bits per heavy atom. The molecule has 2 N–H and O–H groups in total. The van der Waals surface area contributed by atoms with Crippen LogP contribution in [-0.4, -0.2) is 30.1 Å². The normalized spacial score (nSPS) is 15.3. The van der Waals surface area contributed by atoms with Crippen molar-refractivity contribution in [3.05, 3.63) is 29.3 Å². The van der Waals surface area contributed by atoms with E-state index in [1.807, 2.05) is 12.1 Å². The molecule has 2 rings (SSSR count). The van der Waals surface area contributed by atoms with Gasteiger partial charge in [0.1, 0.15) is 5.75 Å². The topological polar surface area (TPSA) is 75.6 Å². The third-order valence-corrected chi connectivity index (χ3v) is 3.89. The number of halogens is 1. The second-order valence-electron chi connectivity index (χ2n) is 5.24. The van der Waals surface area contributed by atoms with Gasteiger partial charge in [-0.05, 0) is 31.4 Å². The molecular weight excluding hydrogens is 294 g/mol. The first-order valence-electron chi connectivity index (χ1n) is 6.91. The van der Waals surface area contributed by atoms with Crippen LogP contribution < -0.4 is 10.1 Å². The number of hydrogen-bond acceptors (Lipinski definition) is 3. The Hall–Kier alpha value is -1.75. The summed E-state index contributed by atoms with van der Waals surface area (Å²) in [6.07, 6.45) is 2.13. The molecule has 21 heavy (non-hydrogen) atoms. The highest BCUT2D eigenvalue weighted by molar-refractivity contribution is 6.32. The smallest absolute Gasteiger partial charge is 0.311 e. The van der Waals surface area contributed by atoms with Gasteiger partial charge >= 0.3 is 5.97 Å². The Balaban J connectivity index is 1.62. The highest BCUT2D eigenvalue weighted by atomic mass is 35.5. The van der Waals surface area contributed by atoms with Gasteiger partial charge in [0, 0.05) is 13.0 Å². The van der Waals surface area contributed by atoms with Crippen molar-refractivity contribution in [1.82, 2.24) is 5.32 Å². The molecule has 1 aromatic carbocycles. The van der Waals surface area contributed by atoms with E-state index in [0.29, 0.717) is 43.1 Å². The van der Waals surface area contributed by atoms with Gasteiger partial charge in [-0.15, -0.1) is 0 Å². The first-order valence-corrected chi connectivity index (χ1v) is 7.29. The minimum Gasteiger partial charge on any atom is -0.492 e. The average molecular weight is 312 g/mol. The van der Waals surface area contributed by atoms with Crippen LogP contribution >= 0.6 is 11.6 Å². The molecule has 1 aliphatic carbocycles. The predicted octanol–water partition coefficient (Wildman–Crippen LogP) is 2.48. The lowest BCUT2D eigenvalue weighted by molar-refractivity contribution is -0.143. The molecule has 1 aromatic rings. The van der Waals surface area contributed by atoms with Crippen LogP contribution in [0.15, 0.2) is 24.3 Å². The number of carboxylic acids is 1. The number of amides is 1. The Morgan fingerprint density at radius 2 is 2.05 bits per heavy atom. The molecular formula is C15H18ClNO4. The van der Waals surface area contributed by atoms with E-state index in [1.165, 1.54) is 0 Å². The average Bonchev–Trinajstić information content (AvgIpc) is 3.24. The molecule has 0 unspecified atom stereocenters. The third kappa shape index (κ3) is 4.36. The standard InChI is InChI=1S/C15H18ClNO4/c16-11-4-1-2-5-12(11)21-9-3-6-13(18)17-10-15(7-8-15)14(19)20/h1-2,4-5H,3,6-10H2,(H,17,18)(H,19,20). The molecule has 1 fully saturated rings. The van der Waals surface area contributed by atoms with Gasteiger partial charge in [0.05, 0.1) is 17.0 Å². The van der Waals surface area contributed by atoms with Gasteiger partial charge in [-0.25, -0.2) is 0 Å². The molecule has 0 heterocycles. The summed E-state index contributed by atoms with van der Waals surface area (Å²) in [5.74, 6) is -0.377. The van der Waals surface area contributed by atoms with E-state index >= 15 is 0 Å². The summed E-state index contributed by atoms with van der Waals surface area (Å²) in [6, 6.07) is 7.16. The number of ether oxygens (including phenoxy) is 1. The number of hydrogen-bond donors (Lipinski definition) is 2. The lowest BCUT2D eigenvalue weighted by Gasteiger charge is -2.11. The first-order chi connectivity index (χ1) is 10.0. The van der Waals surface area contributed by atoms with Crippen molar-refractivity contribution in [3.8, 4) is 5.75 Å². The van der Waals surface area contributed by atoms with Crippen LogP contribution in [0.25, 0.3) is 0 Å². The SMILES string of the molecule is O=C(CCCOc1ccccc1Cl)NCC1(C(=O)O)CC1. The van der Waals surface area contributed by atoms with Gasteiger partial charge in [-0.3, -0.25) is 9.59 Å². The molecule has 0 aromatic heterocycles. The highest BCUT2D eigenvalue weighted by Crippen LogP contribution is 2.45. The number of aliphatic carboxylic acids is 1. The fourth-order valence-corrected chi connectivity index (χ4v) is 2.14. The summed E-state index contributed by atoms with van der Waals surface area (Å²) >= 11 is 5.94. The first kappa shape index (κ1) is 15.6. The molecule has 1 saturated carbocycles. The molecule has 0 spiro atoms. The van der Waals surface area contributed by atoms with E-state index in [0.717, 1.165) is 0 Å². The van der Waals surface area contributed by atoms with Crippen molar-refractivity contribution in [3.63, 3.8) is 0 Å². The molecule has 0 atom stereocenters. The highest BCUT2D eigenvalue weighted by Gasteiger charge is 2.50. The van der Waals surface area contributed by atoms with Gasteiger partial charge < -0.3 is 15.2 Å². The van der Waals surface area contributed by atoms with Crippen LogP contribution in [0, 0.1) is 5.41 Å². The Morgan fingerprint density at radius 1 is 1.33 bits per heavy atom. The Kier molecular flexibility index (Phi) is 5.07. The summed E-state index contributed by atoms with van der Waals surface area (Å²) in [4.78, 5) is 22.6. The van der Waals surface area contributed by atoms with E-state index in [2.05, 4.69) is 5.32 Å². The van der Waals surface area contributed by atoms with Crippen molar-refractivity contribution in [2.75, 3.05) is 13.2 Å². The Labute approximate surface area is 128 Å². The summed E-state index contributed by atoms with van der Waals surface area (Å²) < 4.78 is 5.48. The third-order valence-electron chi connectivity index (χ3n) is 3.57. The van der Waals surface area contributed by atoms with E-state index in [1.54, 1.807) is 12.1 Å². The van der Waals surface area contributed by atoms with Crippen molar-refractivity contribution < 1.29 is 19.4 Å². The maximum atomic E-state index is 11.6. The Bertz CT molecular complexity index is 528. The zero-order valence-electron chi connectivity index (χ0n) is 11.6. The largest absolute Gasteiger partial charge is 0.492 e. The van der Waals surface area contributed by atoms with Crippen LogP contribution in [-0.2, 0) is 9.59 Å². The summed E-state index contributed by atoms with van der Waals surface area (Å²) in [5, 5.41) is 12.2. The van der Waals surface area contributed by atoms with Crippen LogP contribution in [0.3, 0.4) is 0 Å². The van der Waals surface area contributed by atoms with Gasteiger partial charge in [0.25, 0.3) is 0 Å². The zero-order chi connectivity index (χ0) is 15.3. The second-order valence-corrected chi connectivity index (χ2v) is 5.65. The number of carboxylic acid groups (broad SMARTS) is 1. The number of carbonyl (C=O) groups is 2. The van der Waals surface area contributed by atoms with Crippen LogP contribution in [0.5, 0.6) is 5.75 Å². The maximum absolute atomic E-state index is 11.6. The number of rotatable bonds is 8. The lowest BCUT2D eigenvalue weighted by Crippen LogP contribution is -2.34. The molecule has 1 aliphatic rings. The fourth-order valence-electron chi connectivity index (χ4n) is 1.95. The van der Waals surface area contributed by atoms with Crippen molar-refractivity contribution in [1.29, 1.82) is 0 Å². The number of nitrogens with one attached hydrogen (secondary N) is 1. The minimum atomic E-state index is -0.829. The molecule has 114 valence electrons. The van der Waals surface area contributed by atoms with Crippen LogP contribution in [0.1, 0.15) is 25.7 Å². The molecule has 0 saturated heterocycles. The summed E-state index contributed by atoms with van der Waals surface area (Å²) in [5.41, 5.74) is -0.719. The molecule has 0 aliphatic heterocycles. The van der Waals surface area contributed by atoms with Gasteiger partial charge in [-0.2, -0.15) is 0 Å². The number of para-hydroxylation sites is 1. The molecule has 5 nitrogen and oxygen atoms in total. The predicted molar refractivity (Wildman–Crippen MR) is 78.5 cm³/mol. The van der Waals surface area contributed by atoms with Crippen LogP contribution in [0.2, 0.25) is 5.02 Å². The van der Waals surface area contributed by atoms with Crippen molar-refractivity contribution in [2.45, 2.75) is 25.7 Å². The monoisotopic (exact) mass is 311 g/mol. The zero-order valence-corrected chi connectivity index (χ0v) is 12.4.